The van der Waals surface area contributed by atoms with E-state index in [0.29, 0.717) is 5.57 Å². The summed E-state index contributed by atoms with van der Waals surface area (Å²) in [5, 5.41) is 58.8. The lowest BCUT2D eigenvalue weighted by atomic mass is 9.99. The van der Waals surface area contributed by atoms with E-state index in [1.807, 2.05) is 0 Å². The molecule has 11 heteroatoms. The molecule has 2 heterocycles. The summed E-state index contributed by atoms with van der Waals surface area (Å²) in [6.45, 7) is 1.78. The minimum atomic E-state index is -1.88. The van der Waals surface area contributed by atoms with Gasteiger partial charge >= 0.3 is 5.97 Å². The number of carbonyl (C=O) groups is 1. The highest BCUT2D eigenvalue weighted by molar-refractivity contribution is 5.82. The Morgan fingerprint density at radius 1 is 1.15 bits per heavy atom. The Labute approximate surface area is 155 Å². The second kappa shape index (κ2) is 8.90. The molecule has 0 amide bonds. The Kier molecular flexibility index (Phi) is 7.30. The topological polar surface area (TPSA) is 175 Å². The second-order valence-electron chi connectivity index (χ2n) is 6.89. The molecule has 27 heavy (non-hydrogen) atoms. The highest BCUT2D eigenvalue weighted by atomic mass is 16.7. The van der Waals surface area contributed by atoms with Gasteiger partial charge in [-0.15, -0.1) is 0 Å². The van der Waals surface area contributed by atoms with Crippen LogP contribution >= 0.6 is 0 Å². The van der Waals surface area contributed by atoms with Crippen molar-refractivity contribution in [2.45, 2.75) is 62.5 Å². The first-order valence-corrected chi connectivity index (χ1v) is 8.38. The molecule has 0 radical (unpaired) electrons. The van der Waals surface area contributed by atoms with Gasteiger partial charge in [0.05, 0.1) is 19.8 Å². The Hall–Kier alpha value is -1.15. The van der Waals surface area contributed by atoms with Crippen molar-refractivity contribution in [3.8, 4) is 0 Å². The maximum atomic E-state index is 11.7. The van der Waals surface area contributed by atoms with E-state index in [1.54, 1.807) is 13.8 Å². The minimum absolute atomic E-state index is 0.367. The number of ether oxygens (including phenoxy) is 4. The summed E-state index contributed by atoms with van der Waals surface area (Å²) in [6, 6.07) is 0. The molecule has 2 fully saturated rings. The summed E-state index contributed by atoms with van der Waals surface area (Å²) in [5.74, 6) is -0.801. The van der Waals surface area contributed by atoms with E-state index in [1.165, 1.54) is 0 Å². The van der Waals surface area contributed by atoms with Crippen LogP contribution < -0.4 is 0 Å². The third-order valence-electron chi connectivity index (χ3n) is 4.31. The third-order valence-corrected chi connectivity index (χ3v) is 4.31. The lowest BCUT2D eigenvalue weighted by Crippen LogP contribution is -2.60. The second-order valence-corrected chi connectivity index (χ2v) is 6.89. The molecular formula is C16H26O11. The van der Waals surface area contributed by atoms with Crippen molar-refractivity contribution in [1.82, 2.24) is 0 Å². The molecule has 2 aliphatic heterocycles. The normalized spacial score (nSPS) is 42.0. The van der Waals surface area contributed by atoms with Crippen molar-refractivity contribution in [3.63, 3.8) is 0 Å². The number of esters is 1. The Morgan fingerprint density at radius 3 is 2.37 bits per heavy atom. The smallest absolute Gasteiger partial charge is 0.333 e. The maximum Gasteiger partial charge on any atom is 0.333 e. The van der Waals surface area contributed by atoms with Gasteiger partial charge in [0.2, 0.25) is 6.29 Å². The van der Waals surface area contributed by atoms with Crippen LogP contribution in [0.25, 0.3) is 0 Å². The molecule has 0 saturated carbocycles. The van der Waals surface area contributed by atoms with Crippen LogP contribution in [0.15, 0.2) is 11.6 Å². The van der Waals surface area contributed by atoms with Gasteiger partial charge in [-0.25, -0.2) is 4.79 Å². The van der Waals surface area contributed by atoms with E-state index in [4.69, 9.17) is 24.1 Å². The predicted octanol–water partition coefficient (Wildman–Crippen LogP) is -3.24. The van der Waals surface area contributed by atoms with Crippen molar-refractivity contribution >= 4 is 5.97 Å². The number of carbonyl (C=O) groups excluding carboxylic acids is 1. The van der Waals surface area contributed by atoms with Gasteiger partial charge in [-0.2, -0.15) is 0 Å². The number of allylic oxidation sites excluding steroid dienone is 1. The fraction of sp³-hybridized carbons (Fsp3) is 0.812. The number of aliphatic hydroxyl groups excluding tert-OH is 5. The van der Waals surface area contributed by atoms with E-state index in [-0.39, 0.29) is 6.61 Å². The molecule has 2 saturated heterocycles. The maximum absolute atomic E-state index is 11.7. The highest BCUT2D eigenvalue weighted by Crippen LogP contribution is 2.27. The van der Waals surface area contributed by atoms with Crippen LogP contribution in [0.2, 0.25) is 0 Å². The SMILES string of the molecule is CC(C)=CC(=O)OC1OC(COC2OCC(O)(CO)C2O)C(O)C(O)C1O. The average Bonchev–Trinajstić information content (AvgIpc) is 2.89. The largest absolute Gasteiger partial charge is 0.430 e. The van der Waals surface area contributed by atoms with Gasteiger partial charge in [-0.1, -0.05) is 5.57 Å². The summed E-state index contributed by atoms with van der Waals surface area (Å²) in [4.78, 5) is 11.7. The lowest BCUT2D eigenvalue weighted by molar-refractivity contribution is -0.300. The van der Waals surface area contributed by atoms with Gasteiger partial charge in [0.25, 0.3) is 0 Å². The van der Waals surface area contributed by atoms with Crippen molar-refractivity contribution < 1.29 is 54.4 Å². The molecule has 6 N–H and O–H groups in total. The van der Waals surface area contributed by atoms with Crippen LogP contribution in [-0.2, 0) is 23.7 Å². The summed E-state index contributed by atoms with van der Waals surface area (Å²) in [6.07, 6.45) is -9.42. The van der Waals surface area contributed by atoms with Crippen LogP contribution in [0.4, 0.5) is 0 Å². The molecule has 8 unspecified atom stereocenters. The van der Waals surface area contributed by atoms with E-state index in [2.05, 4.69) is 0 Å². The van der Waals surface area contributed by atoms with Crippen molar-refractivity contribution in [2.75, 3.05) is 19.8 Å². The van der Waals surface area contributed by atoms with E-state index < -0.39 is 67.9 Å². The Balaban J connectivity index is 1.97. The summed E-state index contributed by atoms with van der Waals surface area (Å²) in [7, 11) is 0. The molecule has 2 aliphatic rings. The van der Waals surface area contributed by atoms with Gasteiger partial charge in [0.1, 0.15) is 36.1 Å². The third kappa shape index (κ3) is 5.02. The summed E-state index contributed by atoms with van der Waals surface area (Å²) >= 11 is 0. The number of hydrogen-bond donors (Lipinski definition) is 6. The number of rotatable bonds is 6. The lowest BCUT2D eigenvalue weighted by Gasteiger charge is -2.39. The fourth-order valence-electron chi connectivity index (χ4n) is 2.66. The van der Waals surface area contributed by atoms with Crippen LogP contribution in [0.3, 0.4) is 0 Å². The first kappa shape index (κ1) is 22.1. The van der Waals surface area contributed by atoms with Gasteiger partial charge in [-0.3, -0.25) is 0 Å². The van der Waals surface area contributed by atoms with Crippen LogP contribution in [-0.4, -0.2) is 105 Å². The minimum Gasteiger partial charge on any atom is -0.430 e. The molecule has 2 rings (SSSR count). The van der Waals surface area contributed by atoms with Crippen molar-refractivity contribution in [3.05, 3.63) is 11.6 Å². The van der Waals surface area contributed by atoms with Gasteiger partial charge in [0, 0.05) is 6.08 Å². The first-order valence-electron chi connectivity index (χ1n) is 8.38. The summed E-state index contributed by atoms with van der Waals surface area (Å²) < 4.78 is 20.5. The Bertz CT molecular complexity index is 548. The van der Waals surface area contributed by atoms with E-state index >= 15 is 0 Å². The standard InChI is InChI=1S/C16H26O11/c1-7(2)3-9(18)27-14-12(21)11(20)10(19)8(26-14)4-24-15-13(22)16(23,5-17)6-25-15/h3,8,10-15,17,19-23H,4-6H2,1-2H3. The van der Waals surface area contributed by atoms with Gasteiger partial charge < -0.3 is 49.6 Å². The van der Waals surface area contributed by atoms with E-state index in [0.717, 1.165) is 6.08 Å². The van der Waals surface area contributed by atoms with Crippen molar-refractivity contribution in [2.24, 2.45) is 0 Å². The fourth-order valence-corrected chi connectivity index (χ4v) is 2.66. The van der Waals surface area contributed by atoms with Crippen LogP contribution in [0.5, 0.6) is 0 Å². The number of hydrogen-bond acceptors (Lipinski definition) is 11. The quantitative estimate of drug-likeness (QED) is 0.197. The van der Waals surface area contributed by atoms with Crippen LogP contribution in [0, 0.1) is 0 Å². The molecule has 156 valence electrons. The van der Waals surface area contributed by atoms with Gasteiger partial charge in [0.15, 0.2) is 6.29 Å². The number of aliphatic hydroxyl groups is 6. The summed E-state index contributed by atoms with van der Waals surface area (Å²) in [5.41, 5.74) is -1.23. The molecule has 0 aromatic carbocycles. The van der Waals surface area contributed by atoms with Gasteiger partial charge in [-0.05, 0) is 13.8 Å². The monoisotopic (exact) mass is 394 g/mol. The molecule has 0 aromatic rings. The zero-order chi connectivity index (χ0) is 20.4. The predicted molar refractivity (Wildman–Crippen MR) is 85.9 cm³/mol. The van der Waals surface area contributed by atoms with Crippen molar-refractivity contribution in [1.29, 1.82) is 0 Å². The zero-order valence-corrected chi connectivity index (χ0v) is 15.0. The van der Waals surface area contributed by atoms with Crippen LogP contribution in [0.1, 0.15) is 13.8 Å². The van der Waals surface area contributed by atoms with E-state index in [9.17, 15) is 30.3 Å². The first-order chi connectivity index (χ1) is 12.6. The molecule has 0 bridgehead atoms. The average molecular weight is 394 g/mol. The molecule has 0 aromatic heterocycles. The molecule has 0 spiro atoms. The molecular weight excluding hydrogens is 368 g/mol. The molecule has 11 nitrogen and oxygen atoms in total. The molecule has 0 aliphatic carbocycles. The zero-order valence-electron chi connectivity index (χ0n) is 15.0. The Morgan fingerprint density at radius 2 is 1.81 bits per heavy atom. The molecule has 8 atom stereocenters. The highest BCUT2D eigenvalue weighted by Gasteiger charge is 2.50.